The van der Waals surface area contributed by atoms with Crippen molar-refractivity contribution in [1.82, 2.24) is 5.32 Å². The molecule has 0 radical (unpaired) electrons. The molecule has 1 unspecified atom stereocenters. The monoisotopic (exact) mass is 443 g/mol. The fourth-order valence-corrected chi connectivity index (χ4v) is 5.45. The molecule has 182 valence electrons. The van der Waals surface area contributed by atoms with E-state index in [0.717, 1.165) is 12.8 Å². The van der Waals surface area contributed by atoms with Crippen LogP contribution in [0.3, 0.4) is 0 Å². The smallest absolute Gasteiger partial charge is 0.410 e. The van der Waals surface area contributed by atoms with Gasteiger partial charge in [0, 0.05) is 6.54 Å². The molecule has 2 rings (SSSR count). The van der Waals surface area contributed by atoms with E-state index in [1.54, 1.807) is 0 Å². The lowest BCUT2D eigenvalue weighted by molar-refractivity contribution is 0.0969. The molecular formula is C29H49NO2. The molecule has 3 heteroatoms. The first-order valence-corrected chi connectivity index (χ1v) is 13.4. The summed E-state index contributed by atoms with van der Waals surface area (Å²) in [6.45, 7) is 9.92. The molecule has 1 aromatic carbocycles. The van der Waals surface area contributed by atoms with E-state index in [0.29, 0.717) is 17.7 Å². The molecule has 1 aliphatic carbocycles. The van der Waals surface area contributed by atoms with Gasteiger partial charge in [0.15, 0.2) is 0 Å². The Hall–Kier alpha value is -1.51. The lowest BCUT2D eigenvalue weighted by Gasteiger charge is -2.42. The number of rotatable bonds is 14. The zero-order valence-corrected chi connectivity index (χ0v) is 21.4. The maximum Gasteiger partial charge on any atom is 0.412 e. The second-order valence-corrected chi connectivity index (χ2v) is 11.3. The first-order chi connectivity index (χ1) is 15.3. The minimum absolute atomic E-state index is 0.166. The van der Waals surface area contributed by atoms with E-state index in [2.05, 4.69) is 45.1 Å². The molecule has 0 aromatic heterocycles. The molecule has 0 heterocycles. The Morgan fingerprint density at radius 2 is 1.47 bits per heavy atom. The topological polar surface area (TPSA) is 38.3 Å². The molecular weight excluding hydrogens is 394 g/mol. The molecule has 1 aromatic rings. The Labute approximate surface area is 198 Å². The Balaban J connectivity index is 1.57. The summed E-state index contributed by atoms with van der Waals surface area (Å²) >= 11 is 0. The van der Waals surface area contributed by atoms with Crippen molar-refractivity contribution in [2.75, 3.05) is 6.54 Å². The number of amides is 1. The lowest BCUT2D eigenvalue weighted by atomic mass is 9.64. The second-order valence-electron chi connectivity index (χ2n) is 11.3. The third-order valence-corrected chi connectivity index (χ3v) is 7.15. The van der Waals surface area contributed by atoms with E-state index in [-0.39, 0.29) is 11.5 Å². The van der Waals surface area contributed by atoms with E-state index in [4.69, 9.17) is 4.74 Å². The van der Waals surface area contributed by atoms with Gasteiger partial charge >= 0.3 is 6.09 Å². The number of unbranched alkanes of at least 4 members (excludes halogenated alkanes) is 9. The average molecular weight is 444 g/mol. The van der Waals surface area contributed by atoms with Crippen LogP contribution in [0.5, 0.6) is 5.75 Å². The van der Waals surface area contributed by atoms with E-state index in [1.165, 1.54) is 89.0 Å². The number of ether oxygens (including phenoxy) is 1. The van der Waals surface area contributed by atoms with Crippen molar-refractivity contribution in [3.05, 3.63) is 29.8 Å². The van der Waals surface area contributed by atoms with Crippen LogP contribution in [0.2, 0.25) is 0 Å². The fourth-order valence-electron chi connectivity index (χ4n) is 5.45. The maximum absolute atomic E-state index is 12.3. The summed E-state index contributed by atoms with van der Waals surface area (Å²) < 4.78 is 5.51. The number of benzene rings is 1. The molecule has 0 bridgehead atoms. The van der Waals surface area contributed by atoms with Crippen molar-refractivity contribution < 1.29 is 9.53 Å². The number of hydrogen-bond acceptors (Lipinski definition) is 2. The fraction of sp³-hybridized carbons (Fsp3) is 0.759. The van der Waals surface area contributed by atoms with Gasteiger partial charge < -0.3 is 10.1 Å². The van der Waals surface area contributed by atoms with Crippen molar-refractivity contribution >= 4 is 6.09 Å². The summed E-state index contributed by atoms with van der Waals surface area (Å²) in [6.07, 6.45) is 19.2. The van der Waals surface area contributed by atoms with Crippen LogP contribution >= 0.6 is 0 Å². The van der Waals surface area contributed by atoms with Crippen molar-refractivity contribution in [2.45, 2.75) is 124 Å². The highest BCUT2D eigenvalue weighted by molar-refractivity contribution is 5.70. The van der Waals surface area contributed by atoms with Gasteiger partial charge in [-0.15, -0.1) is 0 Å². The summed E-state index contributed by atoms with van der Waals surface area (Å²) in [5.74, 6) is 0.628. The van der Waals surface area contributed by atoms with Gasteiger partial charge in [0.05, 0.1) is 0 Å². The number of carbonyl (C=O) groups is 1. The third kappa shape index (κ3) is 10.9. The van der Waals surface area contributed by atoms with Gasteiger partial charge in [0.1, 0.15) is 5.75 Å². The van der Waals surface area contributed by atoms with Gasteiger partial charge in [-0.1, -0.05) is 104 Å². The summed E-state index contributed by atoms with van der Waals surface area (Å²) in [5.41, 5.74) is 1.86. The van der Waals surface area contributed by atoms with Crippen LogP contribution in [0.15, 0.2) is 24.3 Å². The van der Waals surface area contributed by atoms with Crippen LogP contribution in [0, 0.1) is 10.8 Å². The molecule has 1 fully saturated rings. The molecule has 1 amide bonds. The zero-order chi connectivity index (χ0) is 23.3. The first kappa shape index (κ1) is 26.7. The molecule has 1 atom stereocenters. The summed E-state index contributed by atoms with van der Waals surface area (Å²) in [6, 6.07) is 8.05. The largest absolute Gasteiger partial charge is 0.412 e. The van der Waals surface area contributed by atoms with Gasteiger partial charge in [-0.3, -0.25) is 0 Å². The molecule has 3 nitrogen and oxygen atoms in total. The van der Waals surface area contributed by atoms with E-state index < -0.39 is 0 Å². The Morgan fingerprint density at radius 3 is 2.06 bits per heavy atom. The van der Waals surface area contributed by atoms with Crippen LogP contribution in [-0.2, 0) is 6.42 Å². The highest BCUT2D eigenvalue weighted by Gasteiger charge is 2.36. The summed E-state index contributed by atoms with van der Waals surface area (Å²) in [7, 11) is 0. The number of carbonyl (C=O) groups excluding carboxylic acids is 1. The minimum atomic E-state index is -0.336. The van der Waals surface area contributed by atoms with Crippen LogP contribution in [-0.4, -0.2) is 12.6 Å². The van der Waals surface area contributed by atoms with Crippen molar-refractivity contribution in [2.24, 2.45) is 10.8 Å². The Kier molecular flexibility index (Phi) is 11.6. The van der Waals surface area contributed by atoms with Gasteiger partial charge in [-0.2, -0.15) is 0 Å². The zero-order valence-electron chi connectivity index (χ0n) is 21.4. The number of nitrogens with one attached hydrogen (secondary N) is 1. The predicted molar refractivity (Wildman–Crippen MR) is 136 cm³/mol. The molecule has 1 saturated carbocycles. The molecule has 0 spiro atoms. The quantitative estimate of drug-likeness (QED) is 0.292. The van der Waals surface area contributed by atoms with E-state index >= 15 is 0 Å². The van der Waals surface area contributed by atoms with Crippen molar-refractivity contribution in [3.63, 3.8) is 0 Å². The predicted octanol–water partition coefficient (Wildman–Crippen LogP) is 8.84. The second kappa shape index (κ2) is 13.9. The van der Waals surface area contributed by atoms with Gasteiger partial charge in [-0.05, 0) is 60.6 Å². The summed E-state index contributed by atoms with van der Waals surface area (Å²) in [4.78, 5) is 12.3. The van der Waals surface area contributed by atoms with Crippen molar-refractivity contribution in [1.29, 1.82) is 0 Å². The molecule has 0 saturated heterocycles. The number of aryl methyl sites for hydroxylation is 1. The highest BCUT2D eigenvalue weighted by Crippen LogP contribution is 2.45. The van der Waals surface area contributed by atoms with Gasteiger partial charge in [0.25, 0.3) is 0 Å². The number of hydrogen-bond donors (Lipinski definition) is 1. The van der Waals surface area contributed by atoms with E-state index in [1.807, 2.05) is 12.1 Å². The lowest BCUT2D eigenvalue weighted by Crippen LogP contribution is -2.41. The van der Waals surface area contributed by atoms with E-state index in [9.17, 15) is 4.79 Å². The molecule has 1 N–H and O–H groups in total. The van der Waals surface area contributed by atoms with Gasteiger partial charge in [-0.25, -0.2) is 4.79 Å². The SMILES string of the molecule is CCCCCCCCCCCCc1ccc(OC(=O)NCC2(C)CCCC(C)(C)C2)cc1. The first-order valence-electron chi connectivity index (χ1n) is 13.4. The molecule has 32 heavy (non-hydrogen) atoms. The normalized spacial score (nSPS) is 20.1. The van der Waals surface area contributed by atoms with Crippen LogP contribution in [0.1, 0.15) is 123 Å². The average Bonchev–Trinajstić information content (AvgIpc) is 2.74. The Bertz CT molecular complexity index is 652. The third-order valence-electron chi connectivity index (χ3n) is 7.15. The van der Waals surface area contributed by atoms with Crippen LogP contribution in [0.4, 0.5) is 4.79 Å². The van der Waals surface area contributed by atoms with Gasteiger partial charge in [0.2, 0.25) is 0 Å². The van der Waals surface area contributed by atoms with Crippen molar-refractivity contribution in [3.8, 4) is 5.75 Å². The molecule has 1 aliphatic rings. The Morgan fingerprint density at radius 1 is 0.875 bits per heavy atom. The standard InChI is InChI=1S/C29H49NO2/c1-5-6-7-8-9-10-11-12-13-14-16-25-17-19-26(20-18-25)32-27(31)30-24-29(4)22-15-21-28(2,3)23-29/h17-20H,5-16,21-24H2,1-4H3,(H,30,31). The minimum Gasteiger partial charge on any atom is -0.410 e. The summed E-state index contributed by atoms with van der Waals surface area (Å²) in [5, 5.41) is 3.01. The van der Waals surface area contributed by atoms with Crippen LogP contribution < -0.4 is 10.1 Å². The maximum atomic E-state index is 12.3. The highest BCUT2D eigenvalue weighted by atomic mass is 16.6. The van der Waals surface area contributed by atoms with Crippen LogP contribution in [0.25, 0.3) is 0 Å². The molecule has 0 aliphatic heterocycles.